The number of benzene rings is 1. The first-order valence-corrected chi connectivity index (χ1v) is 5.41. The number of rotatable bonds is 3. The Labute approximate surface area is 98.3 Å². The molecule has 0 saturated carbocycles. The maximum atomic E-state index is 11.7. The van der Waals surface area contributed by atoms with Crippen LogP contribution in [0, 0.1) is 0 Å². The van der Waals surface area contributed by atoms with Gasteiger partial charge < -0.3 is 15.2 Å². The van der Waals surface area contributed by atoms with Crippen LogP contribution in [0.2, 0.25) is 5.02 Å². The molecule has 0 spiro atoms. The number of carbonyl (C=O) groups excluding carboxylic acids is 1. The smallest absolute Gasteiger partial charge is 0.231 e. The summed E-state index contributed by atoms with van der Waals surface area (Å²) in [5.74, 6) is 0.892. The first-order valence-electron chi connectivity index (χ1n) is 5.03. The number of ketones is 1. The topological polar surface area (TPSA) is 61.6 Å². The molecule has 0 aliphatic carbocycles. The van der Waals surface area contributed by atoms with Crippen molar-refractivity contribution in [2.75, 3.05) is 13.3 Å². The van der Waals surface area contributed by atoms with Crippen LogP contribution >= 0.6 is 11.6 Å². The molecule has 2 rings (SSSR count). The van der Waals surface area contributed by atoms with Gasteiger partial charge in [-0.25, -0.2) is 0 Å². The molecule has 0 bridgehead atoms. The van der Waals surface area contributed by atoms with Crippen LogP contribution in [0.1, 0.15) is 22.8 Å². The van der Waals surface area contributed by atoms with Crippen molar-refractivity contribution in [3.63, 3.8) is 0 Å². The second kappa shape index (κ2) is 4.31. The molecule has 0 aromatic heterocycles. The van der Waals surface area contributed by atoms with Crippen LogP contribution in [-0.4, -0.2) is 19.1 Å². The van der Waals surface area contributed by atoms with E-state index < -0.39 is 0 Å². The van der Waals surface area contributed by atoms with E-state index in [1.54, 1.807) is 6.07 Å². The Morgan fingerprint density at radius 1 is 1.56 bits per heavy atom. The summed E-state index contributed by atoms with van der Waals surface area (Å²) in [5.41, 5.74) is 6.65. The lowest BCUT2D eigenvalue weighted by Gasteiger charge is -2.10. The van der Waals surface area contributed by atoms with Gasteiger partial charge in [0.25, 0.3) is 0 Å². The quantitative estimate of drug-likeness (QED) is 0.820. The lowest BCUT2D eigenvalue weighted by Crippen LogP contribution is -2.15. The van der Waals surface area contributed by atoms with Crippen molar-refractivity contribution >= 4 is 17.4 Å². The van der Waals surface area contributed by atoms with Crippen LogP contribution in [0.15, 0.2) is 6.07 Å². The second-order valence-electron chi connectivity index (χ2n) is 3.43. The second-order valence-corrected chi connectivity index (χ2v) is 3.81. The normalized spacial score (nSPS) is 12.9. The number of hydrogen-bond acceptors (Lipinski definition) is 4. The number of carbonyl (C=O) groups is 1. The predicted octanol–water partition coefficient (Wildman–Crippen LogP) is 1.77. The van der Waals surface area contributed by atoms with Crippen LogP contribution in [0.5, 0.6) is 11.5 Å². The molecule has 1 aliphatic rings. The lowest BCUT2D eigenvalue weighted by atomic mass is 10.0. The average Bonchev–Trinajstić information content (AvgIpc) is 2.76. The third-order valence-electron chi connectivity index (χ3n) is 2.55. The van der Waals surface area contributed by atoms with Crippen molar-refractivity contribution in [1.82, 2.24) is 0 Å². The minimum atomic E-state index is -0.142. The van der Waals surface area contributed by atoms with Gasteiger partial charge in [0, 0.05) is 5.56 Å². The van der Waals surface area contributed by atoms with Gasteiger partial charge in [0.2, 0.25) is 6.79 Å². The fourth-order valence-electron chi connectivity index (χ4n) is 1.75. The summed E-state index contributed by atoms with van der Waals surface area (Å²) in [7, 11) is 0. The molecular weight excluding hydrogens is 230 g/mol. The highest BCUT2D eigenvalue weighted by molar-refractivity contribution is 6.33. The Morgan fingerprint density at radius 2 is 2.31 bits per heavy atom. The standard InChI is InChI=1S/C11H12ClNO3/c1-2-6-7(8(14)4-13)3-9-11(10(6)12)16-5-15-9/h3H,2,4-5,13H2,1H3. The highest BCUT2D eigenvalue weighted by Crippen LogP contribution is 2.42. The third kappa shape index (κ3) is 1.64. The number of halogens is 1. The van der Waals surface area contributed by atoms with E-state index in [-0.39, 0.29) is 19.1 Å². The molecule has 86 valence electrons. The summed E-state index contributed by atoms with van der Waals surface area (Å²) >= 11 is 6.16. The first-order chi connectivity index (χ1) is 7.69. The molecular formula is C11H12ClNO3. The monoisotopic (exact) mass is 241 g/mol. The number of fused-ring (bicyclic) bond motifs is 1. The van der Waals surface area contributed by atoms with E-state index in [0.717, 1.165) is 5.56 Å². The molecule has 4 nitrogen and oxygen atoms in total. The summed E-state index contributed by atoms with van der Waals surface area (Å²) in [6, 6.07) is 1.65. The van der Waals surface area contributed by atoms with E-state index in [9.17, 15) is 4.79 Å². The van der Waals surface area contributed by atoms with Gasteiger partial charge in [-0.2, -0.15) is 0 Å². The highest BCUT2D eigenvalue weighted by Gasteiger charge is 2.24. The number of nitrogens with two attached hydrogens (primary N) is 1. The van der Waals surface area contributed by atoms with Gasteiger partial charge in [-0.1, -0.05) is 18.5 Å². The zero-order chi connectivity index (χ0) is 11.7. The molecule has 0 unspecified atom stereocenters. The van der Waals surface area contributed by atoms with Crippen molar-refractivity contribution in [2.24, 2.45) is 5.73 Å². The van der Waals surface area contributed by atoms with Gasteiger partial charge >= 0.3 is 0 Å². The van der Waals surface area contributed by atoms with Crippen molar-refractivity contribution in [3.05, 3.63) is 22.2 Å². The van der Waals surface area contributed by atoms with E-state index in [2.05, 4.69) is 0 Å². The van der Waals surface area contributed by atoms with E-state index in [1.807, 2.05) is 6.92 Å². The van der Waals surface area contributed by atoms with Gasteiger partial charge in [-0.05, 0) is 18.1 Å². The fraction of sp³-hybridized carbons (Fsp3) is 0.364. The summed E-state index contributed by atoms with van der Waals surface area (Å²) in [5, 5.41) is 0.453. The SMILES string of the molecule is CCc1c(C(=O)CN)cc2c(c1Cl)OCO2. The molecule has 0 fully saturated rings. The Hall–Kier alpha value is -1.26. The molecule has 16 heavy (non-hydrogen) atoms. The zero-order valence-electron chi connectivity index (χ0n) is 8.88. The molecule has 1 aromatic rings. The predicted molar refractivity (Wildman–Crippen MR) is 60.3 cm³/mol. The van der Waals surface area contributed by atoms with Gasteiger partial charge in [-0.3, -0.25) is 4.79 Å². The molecule has 0 atom stereocenters. The van der Waals surface area contributed by atoms with Crippen LogP contribution in [0.25, 0.3) is 0 Å². The van der Waals surface area contributed by atoms with Gasteiger partial charge in [0.1, 0.15) is 0 Å². The third-order valence-corrected chi connectivity index (χ3v) is 2.95. The molecule has 5 heteroatoms. The summed E-state index contributed by atoms with van der Waals surface area (Å²) in [6.45, 7) is 2.03. The maximum absolute atomic E-state index is 11.7. The summed E-state index contributed by atoms with van der Waals surface area (Å²) in [4.78, 5) is 11.7. The molecule has 0 radical (unpaired) electrons. The largest absolute Gasteiger partial charge is 0.454 e. The van der Waals surface area contributed by atoms with E-state index >= 15 is 0 Å². The van der Waals surface area contributed by atoms with Crippen LogP contribution in [0.4, 0.5) is 0 Å². The average molecular weight is 242 g/mol. The van der Waals surface area contributed by atoms with E-state index in [4.69, 9.17) is 26.8 Å². The molecule has 2 N–H and O–H groups in total. The van der Waals surface area contributed by atoms with Crippen molar-refractivity contribution in [3.8, 4) is 11.5 Å². The van der Waals surface area contributed by atoms with Crippen molar-refractivity contribution in [2.45, 2.75) is 13.3 Å². The minimum absolute atomic E-state index is 0.0387. The zero-order valence-corrected chi connectivity index (χ0v) is 9.63. The van der Waals surface area contributed by atoms with Crippen LogP contribution in [0.3, 0.4) is 0 Å². The van der Waals surface area contributed by atoms with Gasteiger partial charge in [-0.15, -0.1) is 0 Å². The minimum Gasteiger partial charge on any atom is -0.454 e. The maximum Gasteiger partial charge on any atom is 0.231 e. The Bertz CT molecular complexity index is 445. The summed E-state index contributed by atoms with van der Waals surface area (Å²) < 4.78 is 10.5. The Kier molecular flexibility index (Phi) is 3.03. The fourth-order valence-corrected chi connectivity index (χ4v) is 2.13. The van der Waals surface area contributed by atoms with E-state index in [1.165, 1.54) is 0 Å². The lowest BCUT2D eigenvalue weighted by molar-refractivity contribution is 0.1000. The first kappa shape index (κ1) is 11.2. The molecule has 1 aromatic carbocycles. The summed E-state index contributed by atoms with van der Waals surface area (Å²) in [6.07, 6.45) is 0.649. The van der Waals surface area contributed by atoms with Crippen LogP contribution in [-0.2, 0) is 6.42 Å². The van der Waals surface area contributed by atoms with Gasteiger partial charge in [0.05, 0.1) is 11.6 Å². The molecule has 1 aliphatic heterocycles. The van der Waals surface area contributed by atoms with Crippen molar-refractivity contribution in [1.29, 1.82) is 0 Å². The highest BCUT2D eigenvalue weighted by atomic mass is 35.5. The molecule has 0 amide bonds. The number of Topliss-reactive ketones (excluding diaryl/α,β-unsaturated/α-hetero) is 1. The molecule has 1 heterocycles. The Morgan fingerprint density at radius 3 is 2.94 bits per heavy atom. The van der Waals surface area contributed by atoms with Crippen LogP contribution < -0.4 is 15.2 Å². The van der Waals surface area contributed by atoms with E-state index in [0.29, 0.717) is 28.5 Å². The number of ether oxygens (including phenoxy) is 2. The number of hydrogen-bond donors (Lipinski definition) is 1. The van der Waals surface area contributed by atoms with Crippen molar-refractivity contribution < 1.29 is 14.3 Å². The molecule has 0 saturated heterocycles. The van der Waals surface area contributed by atoms with Gasteiger partial charge in [0.15, 0.2) is 17.3 Å². The Balaban J connectivity index is 2.61.